The Balaban J connectivity index is 2.35. The van der Waals surface area contributed by atoms with E-state index in [1.54, 1.807) is 0 Å². The van der Waals surface area contributed by atoms with Gasteiger partial charge in [-0.2, -0.15) is 0 Å². The van der Waals surface area contributed by atoms with Crippen LogP contribution in [0.25, 0.3) is 0 Å². The molecule has 0 saturated carbocycles. The molecule has 1 saturated heterocycles. The van der Waals surface area contributed by atoms with Crippen molar-refractivity contribution in [2.75, 3.05) is 26.2 Å². The number of rotatable bonds is 4. The number of hydrogen-bond acceptors (Lipinski definition) is 4. The molecule has 1 heterocycles. The predicted octanol–water partition coefficient (Wildman–Crippen LogP) is 2.09. The number of nitrogens with one attached hydrogen (secondary N) is 1. The third kappa shape index (κ3) is 3.08. The Bertz CT molecular complexity index is 461. The van der Waals surface area contributed by atoms with Gasteiger partial charge in [-0.15, -0.1) is 0 Å². The lowest BCUT2D eigenvalue weighted by molar-refractivity contribution is -0.386. The average Bonchev–Trinajstić information content (AvgIpc) is 2.40. The van der Waals surface area contributed by atoms with Crippen molar-refractivity contribution in [3.05, 3.63) is 39.7 Å². The highest BCUT2D eigenvalue weighted by atomic mass is 19.1. The molecule has 6 heteroatoms. The van der Waals surface area contributed by atoms with Gasteiger partial charge >= 0.3 is 0 Å². The van der Waals surface area contributed by atoms with E-state index in [4.69, 9.17) is 0 Å². The summed E-state index contributed by atoms with van der Waals surface area (Å²) in [4.78, 5) is 12.8. The van der Waals surface area contributed by atoms with Crippen LogP contribution in [0.3, 0.4) is 0 Å². The van der Waals surface area contributed by atoms with E-state index in [1.807, 2.05) is 6.92 Å². The van der Waals surface area contributed by atoms with E-state index in [9.17, 15) is 14.5 Å². The van der Waals surface area contributed by atoms with Crippen molar-refractivity contribution in [1.82, 2.24) is 10.2 Å². The predicted molar refractivity (Wildman–Crippen MR) is 70.5 cm³/mol. The van der Waals surface area contributed by atoms with Gasteiger partial charge in [-0.3, -0.25) is 15.0 Å². The van der Waals surface area contributed by atoms with Crippen LogP contribution in [-0.2, 0) is 0 Å². The lowest BCUT2D eigenvalue weighted by Crippen LogP contribution is -2.45. The molecule has 104 valence electrons. The van der Waals surface area contributed by atoms with E-state index in [-0.39, 0.29) is 11.7 Å². The first-order chi connectivity index (χ1) is 9.13. The molecule has 1 atom stereocenters. The topological polar surface area (TPSA) is 58.4 Å². The Labute approximate surface area is 111 Å². The average molecular weight is 267 g/mol. The fourth-order valence-electron chi connectivity index (χ4n) is 2.63. The maximum Gasteiger partial charge on any atom is 0.274 e. The Morgan fingerprint density at radius 1 is 1.47 bits per heavy atom. The van der Waals surface area contributed by atoms with E-state index in [2.05, 4.69) is 10.2 Å². The Hall–Kier alpha value is -1.53. The summed E-state index contributed by atoms with van der Waals surface area (Å²) in [6.07, 6.45) is 0.726. The Kier molecular flexibility index (Phi) is 4.44. The summed E-state index contributed by atoms with van der Waals surface area (Å²) < 4.78 is 13.4. The summed E-state index contributed by atoms with van der Waals surface area (Å²) >= 11 is 0. The van der Waals surface area contributed by atoms with Crippen molar-refractivity contribution in [2.45, 2.75) is 19.4 Å². The van der Waals surface area contributed by atoms with E-state index in [1.165, 1.54) is 12.1 Å². The SMILES string of the molecule is CC[C@@H](c1cc(F)ccc1[N+](=O)[O-])N1CCNCC1. The lowest BCUT2D eigenvalue weighted by Gasteiger charge is -2.34. The van der Waals surface area contributed by atoms with Crippen LogP contribution in [-0.4, -0.2) is 36.0 Å². The van der Waals surface area contributed by atoms with Crippen LogP contribution in [0.4, 0.5) is 10.1 Å². The van der Waals surface area contributed by atoms with Crippen LogP contribution in [0.1, 0.15) is 24.9 Å². The molecule has 1 N–H and O–H groups in total. The molecule has 0 amide bonds. The molecular weight excluding hydrogens is 249 g/mol. The van der Waals surface area contributed by atoms with Crippen molar-refractivity contribution in [3.8, 4) is 0 Å². The molecule has 0 unspecified atom stereocenters. The number of benzene rings is 1. The lowest BCUT2D eigenvalue weighted by atomic mass is 10.00. The largest absolute Gasteiger partial charge is 0.314 e. The van der Waals surface area contributed by atoms with Crippen molar-refractivity contribution >= 4 is 5.69 Å². The summed E-state index contributed by atoms with van der Waals surface area (Å²) in [6.45, 7) is 5.35. The fraction of sp³-hybridized carbons (Fsp3) is 0.538. The van der Waals surface area contributed by atoms with Crippen molar-refractivity contribution in [2.24, 2.45) is 0 Å². The van der Waals surface area contributed by atoms with Gasteiger partial charge in [-0.1, -0.05) is 6.92 Å². The minimum Gasteiger partial charge on any atom is -0.314 e. The van der Waals surface area contributed by atoms with E-state index in [0.29, 0.717) is 5.56 Å². The van der Waals surface area contributed by atoms with Gasteiger partial charge in [0.15, 0.2) is 0 Å². The molecule has 1 aliphatic rings. The summed E-state index contributed by atoms with van der Waals surface area (Å²) in [7, 11) is 0. The smallest absolute Gasteiger partial charge is 0.274 e. The van der Waals surface area contributed by atoms with Crippen LogP contribution in [0, 0.1) is 15.9 Å². The van der Waals surface area contributed by atoms with Crippen LogP contribution >= 0.6 is 0 Å². The molecule has 0 aliphatic carbocycles. The van der Waals surface area contributed by atoms with Gasteiger partial charge < -0.3 is 5.32 Å². The Morgan fingerprint density at radius 3 is 2.74 bits per heavy atom. The zero-order chi connectivity index (χ0) is 13.8. The number of halogens is 1. The molecule has 1 aliphatic heterocycles. The van der Waals surface area contributed by atoms with Crippen LogP contribution in [0.15, 0.2) is 18.2 Å². The second kappa shape index (κ2) is 6.08. The van der Waals surface area contributed by atoms with E-state index >= 15 is 0 Å². The molecule has 5 nitrogen and oxygen atoms in total. The van der Waals surface area contributed by atoms with Gasteiger partial charge in [0.1, 0.15) is 5.82 Å². The molecule has 0 spiro atoms. The first-order valence-corrected chi connectivity index (χ1v) is 6.52. The second-order valence-corrected chi connectivity index (χ2v) is 4.67. The Morgan fingerprint density at radius 2 is 2.16 bits per heavy atom. The molecule has 0 aromatic heterocycles. The third-order valence-electron chi connectivity index (χ3n) is 3.52. The number of nitro benzene ring substituents is 1. The van der Waals surface area contributed by atoms with Crippen molar-refractivity contribution in [1.29, 1.82) is 0 Å². The highest BCUT2D eigenvalue weighted by Crippen LogP contribution is 2.32. The molecule has 0 radical (unpaired) electrons. The summed E-state index contributed by atoms with van der Waals surface area (Å²) in [5, 5.41) is 14.3. The standard InChI is InChI=1S/C13H18FN3O2/c1-2-12(16-7-5-15-6-8-16)11-9-10(14)3-4-13(11)17(18)19/h3-4,9,12,15H,2,5-8H2,1H3/t12-/m0/s1. The number of hydrogen-bond donors (Lipinski definition) is 1. The molecule has 1 fully saturated rings. The van der Waals surface area contributed by atoms with Gasteiger partial charge in [0, 0.05) is 43.9 Å². The first kappa shape index (κ1) is 13.9. The fourth-order valence-corrected chi connectivity index (χ4v) is 2.63. The molecule has 1 aromatic rings. The molecule has 19 heavy (non-hydrogen) atoms. The van der Waals surface area contributed by atoms with Gasteiger partial charge in [0.05, 0.1) is 4.92 Å². The van der Waals surface area contributed by atoms with Crippen LogP contribution in [0.2, 0.25) is 0 Å². The van der Waals surface area contributed by atoms with E-state index < -0.39 is 10.7 Å². The quantitative estimate of drug-likeness (QED) is 0.670. The minimum atomic E-state index is -0.431. The summed E-state index contributed by atoms with van der Waals surface area (Å²) in [5.41, 5.74) is 0.487. The molecule has 2 rings (SSSR count). The highest BCUT2D eigenvalue weighted by molar-refractivity contribution is 5.42. The third-order valence-corrected chi connectivity index (χ3v) is 3.52. The molecular formula is C13H18FN3O2. The maximum atomic E-state index is 13.4. The summed E-state index contributed by atoms with van der Waals surface area (Å²) in [6, 6.07) is 3.61. The van der Waals surface area contributed by atoms with Gasteiger partial charge in [-0.05, 0) is 18.6 Å². The molecule has 0 bridgehead atoms. The first-order valence-electron chi connectivity index (χ1n) is 6.52. The zero-order valence-electron chi connectivity index (χ0n) is 10.9. The number of piperazine rings is 1. The van der Waals surface area contributed by atoms with Gasteiger partial charge in [0.25, 0.3) is 5.69 Å². The second-order valence-electron chi connectivity index (χ2n) is 4.67. The highest BCUT2D eigenvalue weighted by Gasteiger charge is 2.27. The van der Waals surface area contributed by atoms with E-state index in [0.717, 1.165) is 38.7 Å². The molecule has 1 aromatic carbocycles. The zero-order valence-corrected chi connectivity index (χ0v) is 10.9. The maximum absolute atomic E-state index is 13.4. The number of nitrogens with zero attached hydrogens (tertiary/aromatic N) is 2. The van der Waals surface area contributed by atoms with Crippen molar-refractivity contribution in [3.63, 3.8) is 0 Å². The normalized spacial score (nSPS) is 18.2. The van der Waals surface area contributed by atoms with Gasteiger partial charge in [-0.25, -0.2) is 4.39 Å². The van der Waals surface area contributed by atoms with Crippen molar-refractivity contribution < 1.29 is 9.31 Å². The van der Waals surface area contributed by atoms with Crippen LogP contribution in [0.5, 0.6) is 0 Å². The monoisotopic (exact) mass is 267 g/mol. The van der Waals surface area contributed by atoms with Gasteiger partial charge in [0.2, 0.25) is 0 Å². The summed E-state index contributed by atoms with van der Waals surface area (Å²) in [5.74, 6) is -0.422. The minimum absolute atomic E-state index is 0.00628. The number of nitro groups is 1. The van der Waals surface area contributed by atoms with Crippen LogP contribution < -0.4 is 5.32 Å².